The first-order chi connectivity index (χ1) is 6.79. The highest BCUT2D eigenvalue weighted by Gasteiger charge is 2.25. The number of hydrogen-bond acceptors (Lipinski definition) is 3. The second-order valence-corrected chi connectivity index (χ2v) is 3.73. The van der Waals surface area contributed by atoms with Crippen molar-refractivity contribution >= 4 is 5.69 Å². The molecule has 1 aliphatic carbocycles. The molecule has 0 aromatic heterocycles. The molecular weight excluding hydrogens is 174 g/mol. The standard InChI is InChI=1S/C11H13N3/c12-7-8-3-1-2-4-11(8)14-10-5-9(13)6-10/h1-4,9-10,14H,5-6,13H2. The fourth-order valence-corrected chi connectivity index (χ4v) is 1.71. The van der Waals surface area contributed by atoms with Gasteiger partial charge in [-0.05, 0) is 25.0 Å². The molecule has 0 radical (unpaired) electrons. The van der Waals surface area contributed by atoms with Gasteiger partial charge in [0.15, 0.2) is 0 Å². The minimum atomic E-state index is 0.335. The topological polar surface area (TPSA) is 61.8 Å². The average molecular weight is 187 g/mol. The van der Waals surface area contributed by atoms with Gasteiger partial charge in [-0.1, -0.05) is 12.1 Å². The Bertz CT molecular complexity index is 361. The van der Waals surface area contributed by atoms with Crippen LogP contribution in [0.4, 0.5) is 5.69 Å². The van der Waals surface area contributed by atoms with E-state index >= 15 is 0 Å². The van der Waals surface area contributed by atoms with Crippen LogP contribution in [0.15, 0.2) is 24.3 Å². The van der Waals surface area contributed by atoms with Crippen molar-refractivity contribution in [1.82, 2.24) is 0 Å². The fraction of sp³-hybridized carbons (Fsp3) is 0.364. The Kier molecular flexibility index (Phi) is 2.38. The molecule has 0 atom stereocenters. The first-order valence-corrected chi connectivity index (χ1v) is 4.81. The summed E-state index contributed by atoms with van der Waals surface area (Å²) in [5, 5.41) is 12.2. The summed E-state index contributed by atoms with van der Waals surface area (Å²) in [4.78, 5) is 0. The van der Waals surface area contributed by atoms with Crippen LogP contribution in [-0.4, -0.2) is 12.1 Å². The van der Waals surface area contributed by atoms with E-state index in [4.69, 9.17) is 11.0 Å². The third kappa shape index (κ3) is 1.70. The van der Waals surface area contributed by atoms with Gasteiger partial charge in [0.25, 0.3) is 0 Å². The molecule has 0 aliphatic heterocycles. The van der Waals surface area contributed by atoms with Gasteiger partial charge in [-0.25, -0.2) is 0 Å². The number of rotatable bonds is 2. The van der Waals surface area contributed by atoms with Gasteiger partial charge in [-0.3, -0.25) is 0 Å². The molecule has 3 N–H and O–H groups in total. The van der Waals surface area contributed by atoms with Crippen molar-refractivity contribution in [2.75, 3.05) is 5.32 Å². The quantitative estimate of drug-likeness (QED) is 0.736. The van der Waals surface area contributed by atoms with E-state index in [-0.39, 0.29) is 0 Å². The molecular formula is C11H13N3. The SMILES string of the molecule is N#Cc1ccccc1NC1CC(N)C1. The monoisotopic (exact) mass is 187 g/mol. The zero-order valence-electron chi connectivity index (χ0n) is 7.90. The van der Waals surface area contributed by atoms with Gasteiger partial charge in [-0.15, -0.1) is 0 Å². The van der Waals surface area contributed by atoms with Gasteiger partial charge < -0.3 is 11.1 Å². The lowest BCUT2D eigenvalue weighted by molar-refractivity contribution is 0.373. The van der Waals surface area contributed by atoms with E-state index in [2.05, 4.69) is 11.4 Å². The maximum absolute atomic E-state index is 8.86. The van der Waals surface area contributed by atoms with Crippen molar-refractivity contribution in [3.8, 4) is 6.07 Å². The smallest absolute Gasteiger partial charge is 0.101 e. The first-order valence-electron chi connectivity index (χ1n) is 4.81. The fourth-order valence-electron chi connectivity index (χ4n) is 1.71. The summed E-state index contributed by atoms with van der Waals surface area (Å²) < 4.78 is 0. The lowest BCUT2D eigenvalue weighted by atomic mass is 9.87. The molecule has 14 heavy (non-hydrogen) atoms. The van der Waals surface area contributed by atoms with Gasteiger partial charge in [-0.2, -0.15) is 5.26 Å². The summed E-state index contributed by atoms with van der Waals surface area (Å²) in [5.41, 5.74) is 7.31. The molecule has 0 spiro atoms. The molecule has 3 heteroatoms. The Labute approximate surface area is 83.5 Å². The Balaban J connectivity index is 2.06. The lowest BCUT2D eigenvalue weighted by Gasteiger charge is -2.34. The normalized spacial score (nSPS) is 24.9. The first kappa shape index (κ1) is 9.04. The van der Waals surface area contributed by atoms with Gasteiger partial charge in [0.05, 0.1) is 11.3 Å². The minimum absolute atomic E-state index is 0.335. The molecule has 0 heterocycles. The van der Waals surface area contributed by atoms with Crippen LogP contribution in [0.1, 0.15) is 18.4 Å². The van der Waals surface area contributed by atoms with Crippen LogP contribution < -0.4 is 11.1 Å². The molecule has 0 bridgehead atoms. The number of nitrogens with zero attached hydrogens (tertiary/aromatic N) is 1. The summed E-state index contributed by atoms with van der Waals surface area (Å²) in [6, 6.07) is 10.5. The van der Waals surface area contributed by atoms with Crippen LogP contribution in [0.5, 0.6) is 0 Å². The number of benzene rings is 1. The third-order valence-electron chi connectivity index (χ3n) is 2.58. The molecule has 1 saturated carbocycles. The highest BCUT2D eigenvalue weighted by molar-refractivity contribution is 5.57. The Hall–Kier alpha value is -1.53. The van der Waals surface area contributed by atoms with Crippen molar-refractivity contribution in [2.24, 2.45) is 5.73 Å². The van der Waals surface area contributed by atoms with Crippen molar-refractivity contribution in [3.05, 3.63) is 29.8 Å². The van der Waals surface area contributed by atoms with Crippen LogP contribution in [0, 0.1) is 11.3 Å². The predicted octanol–water partition coefficient (Wildman–Crippen LogP) is 1.46. The zero-order valence-corrected chi connectivity index (χ0v) is 7.90. The molecule has 0 saturated heterocycles. The average Bonchev–Trinajstić information content (AvgIpc) is 2.16. The van der Waals surface area contributed by atoms with E-state index in [1.54, 1.807) is 0 Å². The van der Waals surface area contributed by atoms with Crippen molar-refractivity contribution in [3.63, 3.8) is 0 Å². The number of anilines is 1. The number of nitrogens with one attached hydrogen (secondary N) is 1. The van der Waals surface area contributed by atoms with Crippen LogP contribution in [0.3, 0.4) is 0 Å². The van der Waals surface area contributed by atoms with Crippen LogP contribution in [0.25, 0.3) is 0 Å². The molecule has 3 nitrogen and oxygen atoms in total. The molecule has 1 aromatic rings. The lowest BCUT2D eigenvalue weighted by Crippen LogP contribution is -2.44. The molecule has 1 aromatic carbocycles. The van der Waals surface area contributed by atoms with Gasteiger partial charge >= 0.3 is 0 Å². The van der Waals surface area contributed by atoms with E-state index in [1.165, 1.54) is 0 Å². The minimum Gasteiger partial charge on any atom is -0.381 e. The predicted molar refractivity (Wildman–Crippen MR) is 55.8 cm³/mol. The zero-order chi connectivity index (χ0) is 9.97. The Morgan fingerprint density at radius 1 is 1.36 bits per heavy atom. The van der Waals surface area contributed by atoms with E-state index in [9.17, 15) is 0 Å². The molecule has 1 fully saturated rings. The Morgan fingerprint density at radius 3 is 2.71 bits per heavy atom. The van der Waals surface area contributed by atoms with Crippen molar-refractivity contribution < 1.29 is 0 Å². The second-order valence-electron chi connectivity index (χ2n) is 3.73. The maximum Gasteiger partial charge on any atom is 0.101 e. The van der Waals surface area contributed by atoms with Gasteiger partial charge in [0.1, 0.15) is 6.07 Å². The van der Waals surface area contributed by atoms with Crippen LogP contribution >= 0.6 is 0 Å². The van der Waals surface area contributed by atoms with E-state index in [0.717, 1.165) is 18.5 Å². The molecule has 1 aliphatic rings. The molecule has 0 amide bonds. The summed E-state index contributed by atoms with van der Waals surface area (Å²) in [6.07, 6.45) is 2.00. The van der Waals surface area contributed by atoms with Crippen molar-refractivity contribution in [2.45, 2.75) is 24.9 Å². The number of nitrogens with two attached hydrogens (primary N) is 1. The molecule has 2 rings (SSSR count). The molecule has 72 valence electrons. The Morgan fingerprint density at radius 2 is 2.07 bits per heavy atom. The number of nitriles is 1. The molecule has 0 unspecified atom stereocenters. The van der Waals surface area contributed by atoms with Crippen molar-refractivity contribution in [1.29, 1.82) is 5.26 Å². The van der Waals surface area contributed by atoms with Crippen LogP contribution in [0.2, 0.25) is 0 Å². The maximum atomic E-state index is 8.86. The van der Waals surface area contributed by atoms with Gasteiger partial charge in [0, 0.05) is 12.1 Å². The number of hydrogen-bond donors (Lipinski definition) is 2. The summed E-state index contributed by atoms with van der Waals surface area (Å²) in [5.74, 6) is 0. The van der Waals surface area contributed by atoms with E-state index in [1.807, 2.05) is 24.3 Å². The number of para-hydroxylation sites is 1. The summed E-state index contributed by atoms with van der Waals surface area (Å²) >= 11 is 0. The van der Waals surface area contributed by atoms with Gasteiger partial charge in [0.2, 0.25) is 0 Å². The largest absolute Gasteiger partial charge is 0.381 e. The second kappa shape index (κ2) is 3.69. The summed E-state index contributed by atoms with van der Waals surface area (Å²) in [7, 11) is 0. The highest BCUT2D eigenvalue weighted by Crippen LogP contribution is 2.24. The third-order valence-corrected chi connectivity index (χ3v) is 2.58. The highest BCUT2D eigenvalue weighted by atomic mass is 15.0. The summed E-state index contributed by atoms with van der Waals surface area (Å²) in [6.45, 7) is 0. The van der Waals surface area contributed by atoms with E-state index in [0.29, 0.717) is 17.6 Å². The van der Waals surface area contributed by atoms with Crippen LogP contribution in [-0.2, 0) is 0 Å². The van der Waals surface area contributed by atoms with E-state index < -0.39 is 0 Å².